The molecule has 0 spiro atoms. The molecule has 1 aliphatic heterocycles. The molecule has 1 unspecified atom stereocenters. The van der Waals surface area contributed by atoms with E-state index >= 15 is 0 Å². The second-order valence-electron chi connectivity index (χ2n) is 5.85. The first-order valence-corrected chi connectivity index (χ1v) is 7.67. The third kappa shape index (κ3) is 3.79. The Balaban J connectivity index is 0.00000192. The standard InChI is InChI=1S/C17H22N2O3.ClH/c1-18-9-12-5-6-19(10-12)17(20)7-13-11-22-16-8-14(21-2)3-4-15(13)16;/h3-4,8,11-12,18H,5-7,9-10H2,1-2H3;1H. The number of carbonyl (C=O) groups excluding carboxylic acids is 1. The van der Waals surface area contributed by atoms with Crippen LogP contribution in [0.15, 0.2) is 28.9 Å². The summed E-state index contributed by atoms with van der Waals surface area (Å²) in [5.74, 6) is 1.51. The number of rotatable bonds is 5. The number of furan rings is 1. The molecule has 1 aromatic carbocycles. The Morgan fingerprint density at radius 3 is 3.04 bits per heavy atom. The molecule has 2 heterocycles. The number of hydrogen-bond acceptors (Lipinski definition) is 4. The van der Waals surface area contributed by atoms with Crippen molar-refractivity contribution in [3.8, 4) is 5.75 Å². The van der Waals surface area contributed by atoms with E-state index in [-0.39, 0.29) is 18.3 Å². The number of likely N-dealkylation sites (tertiary alicyclic amines) is 1. The number of ether oxygens (including phenoxy) is 1. The molecule has 1 amide bonds. The summed E-state index contributed by atoms with van der Waals surface area (Å²) in [4.78, 5) is 14.4. The van der Waals surface area contributed by atoms with Gasteiger partial charge in [-0.25, -0.2) is 0 Å². The predicted octanol–water partition coefficient (Wildman–Crippen LogP) is 2.47. The zero-order valence-electron chi connectivity index (χ0n) is 13.5. The van der Waals surface area contributed by atoms with Gasteiger partial charge in [0.2, 0.25) is 5.91 Å². The van der Waals surface area contributed by atoms with E-state index < -0.39 is 0 Å². The van der Waals surface area contributed by atoms with Crippen LogP contribution in [0.3, 0.4) is 0 Å². The maximum Gasteiger partial charge on any atom is 0.227 e. The molecular formula is C17H23ClN2O3. The van der Waals surface area contributed by atoms with E-state index in [0.717, 1.165) is 48.3 Å². The summed E-state index contributed by atoms with van der Waals surface area (Å²) >= 11 is 0. The summed E-state index contributed by atoms with van der Waals surface area (Å²) in [5, 5.41) is 4.17. The minimum Gasteiger partial charge on any atom is -0.497 e. The number of methoxy groups -OCH3 is 1. The van der Waals surface area contributed by atoms with Crippen molar-refractivity contribution >= 4 is 29.3 Å². The fraction of sp³-hybridized carbons (Fsp3) is 0.471. The van der Waals surface area contributed by atoms with Gasteiger partial charge in [0.15, 0.2) is 0 Å². The largest absolute Gasteiger partial charge is 0.497 e. The van der Waals surface area contributed by atoms with Crippen molar-refractivity contribution in [1.82, 2.24) is 10.2 Å². The van der Waals surface area contributed by atoms with Crippen molar-refractivity contribution in [1.29, 1.82) is 0 Å². The highest BCUT2D eigenvalue weighted by atomic mass is 35.5. The number of fused-ring (bicyclic) bond motifs is 1. The van der Waals surface area contributed by atoms with Crippen molar-refractivity contribution in [2.45, 2.75) is 12.8 Å². The number of benzene rings is 1. The van der Waals surface area contributed by atoms with Crippen molar-refractivity contribution in [2.75, 3.05) is 33.8 Å². The maximum atomic E-state index is 12.5. The second-order valence-corrected chi connectivity index (χ2v) is 5.85. The molecule has 3 rings (SSSR count). The summed E-state index contributed by atoms with van der Waals surface area (Å²) in [6.45, 7) is 2.68. The minimum atomic E-state index is 0. The SMILES string of the molecule is CNCC1CCN(C(=O)Cc2coc3cc(OC)ccc23)C1.Cl. The Labute approximate surface area is 142 Å². The first kappa shape index (κ1) is 17.6. The monoisotopic (exact) mass is 338 g/mol. The summed E-state index contributed by atoms with van der Waals surface area (Å²) < 4.78 is 10.7. The second kappa shape index (κ2) is 7.70. The first-order chi connectivity index (χ1) is 10.7. The Kier molecular flexibility index (Phi) is 5.91. The Morgan fingerprint density at radius 1 is 1.48 bits per heavy atom. The van der Waals surface area contributed by atoms with Crippen LogP contribution in [0.2, 0.25) is 0 Å². The van der Waals surface area contributed by atoms with E-state index in [4.69, 9.17) is 9.15 Å². The van der Waals surface area contributed by atoms with Gasteiger partial charge in [0.25, 0.3) is 0 Å². The van der Waals surface area contributed by atoms with Gasteiger partial charge in [-0.05, 0) is 38.1 Å². The molecule has 1 saturated heterocycles. The lowest BCUT2D eigenvalue weighted by Crippen LogP contribution is -2.31. The van der Waals surface area contributed by atoms with E-state index in [9.17, 15) is 4.79 Å². The molecule has 0 radical (unpaired) electrons. The van der Waals surface area contributed by atoms with E-state index in [1.807, 2.05) is 30.1 Å². The molecule has 2 aromatic rings. The first-order valence-electron chi connectivity index (χ1n) is 7.67. The van der Waals surface area contributed by atoms with E-state index in [1.165, 1.54) is 0 Å². The Morgan fingerprint density at radius 2 is 2.30 bits per heavy atom. The number of nitrogens with zero attached hydrogens (tertiary/aromatic N) is 1. The number of halogens is 1. The fourth-order valence-electron chi connectivity index (χ4n) is 3.12. The van der Waals surface area contributed by atoms with Crippen LogP contribution >= 0.6 is 12.4 Å². The van der Waals surface area contributed by atoms with E-state index in [1.54, 1.807) is 13.4 Å². The topological polar surface area (TPSA) is 54.7 Å². The normalized spacial score (nSPS) is 17.3. The molecule has 0 saturated carbocycles. The fourth-order valence-corrected chi connectivity index (χ4v) is 3.12. The van der Waals surface area contributed by atoms with Crippen LogP contribution in [0.5, 0.6) is 5.75 Å². The summed E-state index contributed by atoms with van der Waals surface area (Å²) in [6.07, 6.45) is 3.16. The van der Waals surface area contributed by atoms with Crippen LogP contribution < -0.4 is 10.1 Å². The number of carbonyl (C=O) groups is 1. The molecule has 6 heteroatoms. The van der Waals surface area contributed by atoms with Gasteiger partial charge in [-0.15, -0.1) is 12.4 Å². The quantitative estimate of drug-likeness (QED) is 0.910. The molecule has 1 fully saturated rings. The van der Waals surface area contributed by atoms with Crippen molar-refractivity contribution in [3.63, 3.8) is 0 Å². The number of nitrogens with one attached hydrogen (secondary N) is 1. The van der Waals surface area contributed by atoms with Gasteiger partial charge in [-0.2, -0.15) is 0 Å². The zero-order valence-corrected chi connectivity index (χ0v) is 14.3. The lowest BCUT2D eigenvalue weighted by molar-refractivity contribution is -0.129. The van der Waals surface area contributed by atoms with E-state index in [2.05, 4.69) is 5.32 Å². The molecule has 1 aliphatic rings. The molecule has 1 atom stereocenters. The number of amides is 1. The van der Waals surface area contributed by atoms with E-state index in [0.29, 0.717) is 12.3 Å². The highest BCUT2D eigenvalue weighted by Crippen LogP contribution is 2.26. The Hall–Kier alpha value is -1.72. The summed E-state index contributed by atoms with van der Waals surface area (Å²) in [5.41, 5.74) is 1.70. The van der Waals surface area contributed by atoms with Gasteiger partial charge < -0.3 is 19.4 Å². The third-order valence-electron chi connectivity index (χ3n) is 4.34. The molecule has 23 heavy (non-hydrogen) atoms. The maximum absolute atomic E-state index is 12.5. The van der Waals surface area contributed by atoms with Gasteiger partial charge in [-0.3, -0.25) is 4.79 Å². The molecule has 1 aromatic heterocycles. The average Bonchev–Trinajstić information content (AvgIpc) is 3.14. The van der Waals surface area contributed by atoms with Crippen molar-refractivity contribution in [3.05, 3.63) is 30.0 Å². The lowest BCUT2D eigenvalue weighted by Gasteiger charge is -2.16. The van der Waals surface area contributed by atoms with Crippen LogP contribution in [0.25, 0.3) is 11.0 Å². The van der Waals surface area contributed by atoms with Crippen molar-refractivity contribution in [2.24, 2.45) is 5.92 Å². The molecule has 5 nitrogen and oxygen atoms in total. The smallest absolute Gasteiger partial charge is 0.227 e. The van der Waals surface area contributed by atoms with Crippen LogP contribution in [-0.4, -0.2) is 44.6 Å². The summed E-state index contributed by atoms with van der Waals surface area (Å²) in [7, 11) is 3.58. The molecule has 0 bridgehead atoms. The number of hydrogen-bond donors (Lipinski definition) is 1. The average molecular weight is 339 g/mol. The van der Waals surface area contributed by atoms with Crippen LogP contribution in [0.4, 0.5) is 0 Å². The molecular weight excluding hydrogens is 316 g/mol. The molecule has 126 valence electrons. The Bertz CT molecular complexity index is 671. The van der Waals surface area contributed by atoms with Crippen LogP contribution in [-0.2, 0) is 11.2 Å². The van der Waals surface area contributed by atoms with Gasteiger partial charge in [0.1, 0.15) is 11.3 Å². The third-order valence-corrected chi connectivity index (χ3v) is 4.34. The molecule has 0 aliphatic carbocycles. The predicted molar refractivity (Wildman–Crippen MR) is 92.3 cm³/mol. The highest BCUT2D eigenvalue weighted by molar-refractivity contribution is 5.88. The zero-order chi connectivity index (χ0) is 15.5. The summed E-state index contributed by atoms with van der Waals surface area (Å²) in [6, 6.07) is 5.70. The highest BCUT2D eigenvalue weighted by Gasteiger charge is 2.26. The van der Waals surface area contributed by atoms with Gasteiger partial charge in [-0.1, -0.05) is 0 Å². The van der Waals surface area contributed by atoms with Crippen molar-refractivity contribution < 1.29 is 13.9 Å². The van der Waals surface area contributed by atoms with Gasteiger partial charge in [0.05, 0.1) is 19.8 Å². The lowest BCUT2D eigenvalue weighted by atomic mass is 10.1. The van der Waals surface area contributed by atoms with Gasteiger partial charge >= 0.3 is 0 Å². The molecule has 1 N–H and O–H groups in total. The minimum absolute atomic E-state index is 0. The van der Waals surface area contributed by atoms with Crippen LogP contribution in [0.1, 0.15) is 12.0 Å². The van der Waals surface area contributed by atoms with Crippen LogP contribution in [0, 0.1) is 5.92 Å². The van der Waals surface area contributed by atoms with Gasteiger partial charge in [0, 0.05) is 30.1 Å².